The molecule has 112 valence electrons. The quantitative estimate of drug-likeness (QED) is 0.771. The topological polar surface area (TPSA) is 26.7 Å². The fourth-order valence-corrected chi connectivity index (χ4v) is 2.66. The van der Waals surface area contributed by atoms with Gasteiger partial charge in [0.05, 0.1) is 0 Å². The van der Waals surface area contributed by atoms with E-state index in [-0.39, 0.29) is 5.82 Å². The first kappa shape index (κ1) is 15.4. The van der Waals surface area contributed by atoms with Gasteiger partial charge in [-0.05, 0) is 43.5 Å². The Hall–Kier alpha value is -0.970. The molecule has 0 bridgehead atoms. The highest BCUT2D eigenvalue weighted by atomic mass is 19.1. The molecule has 1 aliphatic rings. The van der Waals surface area contributed by atoms with Gasteiger partial charge in [-0.3, -0.25) is 0 Å². The minimum atomic E-state index is -0.142. The maximum Gasteiger partial charge on any atom is 0.123 e. The Bertz CT molecular complexity index is 392. The van der Waals surface area contributed by atoms with Crippen LogP contribution in [0.4, 0.5) is 4.39 Å². The fourth-order valence-electron chi connectivity index (χ4n) is 2.66. The van der Waals surface area contributed by atoms with Gasteiger partial charge in [0, 0.05) is 39.3 Å². The Morgan fingerprint density at radius 1 is 1.00 bits per heavy atom. The highest BCUT2D eigenvalue weighted by Gasteiger charge is 2.15. The van der Waals surface area contributed by atoms with E-state index in [0.29, 0.717) is 6.61 Å². The van der Waals surface area contributed by atoms with Crippen LogP contribution in [0.25, 0.3) is 0 Å². The molecule has 1 N–H and O–H groups in total. The van der Waals surface area contributed by atoms with E-state index in [2.05, 4.69) is 9.80 Å². The van der Waals surface area contributed by atoms with Gasteiger partial charge in [0.2, 0.25) is 0 Å². The van der Waals surface area contributed by atoms with E-state index < -0.39 is 0 Å². The van der Waals surface area contributed by atoms with Gasteiger partial charge in [0.15, 0.2) is 0 Å². The molecule has 3 nitrogen and oxygen atoms in total. The van der Waals surface area contributed by atoms with Gasteiger partial charge in [0.25, 0.3) is 0 Å². The summed E-state index contributed by atoms with van der Waals surface area (Å²) in [6.07, 6.45) is 2.90. The average Bonchev–Trinajstić information content (AvgIpc) is 2.47. The first-order valence-electron chi connectivity index (χ1n) is 7.58. The van der Waals surface area contributed by atoms with Crippen LogP contribution in [0, 0.1) is 5.82 Å². The number of nitrogens with zero attached hydrogens (tertiary/aromatic N) is 2. The van der Waals surface area contributed by atoms with Crippen molar-refractivity contribution in [3.63, 3.8) is 0 Å². The third kappa shape index (κ3) is 5.19. The minimum Gasteiger partial charge on any atom is -0.396 e. The van der Waals surface area contributed by atoms with E-state index >= 15 is 0 Å². The number of halogens is 1. The van der Waals surface area contributed by atoms with Crippen molar-refractivity contribution >= 4 is 0 Å². The Kier molecular flexibility index (Phi) is 6.43. The number of aliphatic hydroxyl groups is 1. The van der Waals surface area contributed by atoms with Gasteiger partial charge >= 0.3 is 0 Å². The maximum absolute atomic E-state index is 13.1. The summed E-state index contributed by atoms with van der Waals surface area (Å²) in [4.78, 5) is 4.92. The number of benzene rings is 1. The summed E-state index contributed by atoms with van der Waals surface area (Å²) in [7, 11) is 0. The molecule has 4 heteroatoms. The van der Waals surface area contributed by atoms with Crippen molar-refractivity contribution < 1.29 is 9.50 Å². The van der Waals surface area contributed by atoms with Crippen molar-refractivity contribution in [3.05, 3.63) is 35.6 Å². The second kappa shape index (κ2) is 8.35. The van der Waals surface area contributed by atoms with Crippen LogP contribution in [0.1, 0.15) is 18.4 Å². The molecule has 0 aromatic heterocycles. The van der Waals surface area contributed by atoms with E-state index in [0.717, 1.165) is 64.1 Å². The molecular formula is C16H25FN2O. The zero-order chi connectivity index (χ0) is 14.2. The SMILES string of the molecule is OCCCCN1CCN(CCc2cccc(F)c2)CC1. The summed E-state index contributed by atoms with van der Waals surface area (Å²) >= 11 is 0. The van der Waals surface area contributed by atoms with Crippen LogP contribution in [0.2, 0.25) is 0 Å². The van der Waals surface area contributed by atoms with Crippen LogP contribution in [0.15, 0.2) is 24.3 Å². The number of aliphatic hydroxyl groups excluding tert-OH is 1. The molecule has 1 fully saturated rings. The van der Waals surface area contributed by atoms with E-state index in [1.165, 1.54) is 6.07 Å². The Balaban J connectivity index is 1.64. The van der Waals surface area contributed by atoms with Gasteiger partial charge in [-0.2, -0.15) is 0 Å². The zero-order valence-corrected chi connectivity index (χ0v) is 12.1. The third-order valence-electron chi connectivity index (χ3n) is 3.95. The molecule has 2 rings (SSSR count). The number of unbranched alkanes of at least 4 members (excludes halogenated alkanes) is 1. The summed E-state index contributed by atoms with van der Waals surface area (Å²) in [5, 5.41) is 8.78. The molecule has 0 atom stereocenters. The molecule has 1 saturated heterocycles. The molecule has 20 heavy (non-hydrogen) atoms. The first-order valence-corrected chi connectivity index (χ1v) is 7.58. The predicted octanol–water partition coefficient (Wildman–Crippen LogP) is 1.76. The molecule has 1 heterocycles. The number of hydrogen-bond acceptors (Lipinski definition) is 3. The van der Waals surface area contributed by atoms with Crippen LogP contribution in [0.3, 0.4) is 0 Å². The highest BCUT2D eigenvalue weighted by molar-refractivity contribution is 5.16. The Morgan fingerprint density at radius 2 is 1.70 bits per heavy atom. The molecule has 0 saturated carbocycles. The smallest absolute Gasteiger partial charge is 0.123 e. The van der Waals surface area contributed by atoms with E-state index in [4.69, 9.17) is 5.11 Å². The summed E-state index contributed by atoms with van der Waals surface area (Å²) < 4.78 is 13.1. The van der Waals surface area contributed by atoms with E-state index in [1.54, 1.807) is 12.1 Å². The van der Waals surface area contributed by atoms with Gasteiger partial charge in [-0.1, -0.05) is 12.1 Å². The van der Waals surface area contributed by atoms with E-state index in [1.807, 2.05) is 6.07 Å². The standard InChI is InChI=1S/C16H25FN2O/c17-16-5-3-4-15(14-16)6-8-19-11-9-18(10-12-19)7-1-2-13-20/h3-5,14,20H,1-2,6-13H2. The molecule has 1 aliphatic heterocycles. The van der Waals surface area contributed by atoms with Crippen molar-refractivity contribution in [2.24, 2.45) is 0 Å². The molecule has 0 unspecified atom stereocenters. The maximum atomic E-state index is 13.1. The van der Waals surface area contributed by atoms with Gasteiger partial charge < -0.3 is 14.9 Å². The molecule has 0 radical (unpaired) electrons. The minimum absolute atomic E-state index is 0.142. The van der Waals surface area contributed by atoms with Gasteiger partial charge in [0.1, 0.15) is 5.82 Å². The lowest BCUT2D eigenvalue weighted by Gasteiger charge is -2.34. The van der Waals surface area contributed by atoms with Crippen molar-refractivity contribution in [1.82, 2.24) is 9.80 Å². The lowest BCUT2D eigenvalue weighted by molar-refractivity contribution is 0.130. The molecule has 0 amide bonds. The predicted molar refractivity (Wildman–Crippen MR) is 79.3 cm³/mol. The summed E-state index contributed by atoms with van der Waals surface area (Å²) in [6.45, 7) is 6.80. The monoisotopic (exact) mass is 280 g/mol. The number of piperazine rings is 1. The lowest BCUT2D eigenvalue weighted by atomic mass is 10.1. The van der Waals surface area contributed by atoms with Crippen LogP contribution >= 0.6 is 0 Å². The van der Waals surface area contributed by atoms with Crippen LogP contribution in [-0.2, 0) is 6.42 Å². The fraction of sp³-hybridized carbons (Fsp3) is 0.625. The molecule has 0 aliphatic carbocycles. The van der Waals surface area contributed by atoms with Gasteiger partial charge in [-0.25, -0.2) is 4.39 Å². The van der Waals surface area contributed by atoms with Crippen molar-refractivity contribution in [2.75, 3.05) is 45.9 Å². The average molecular weight is 280 g/mol. The second-order valence-electron chi connectivity index (χ2n) is 5.49. The zero-order valence-electron chi connectivity index (χ0n) is 12.1. The molecule has 1 aromatic carbocycles. The van der Waals surface area contributed by atoms with Gasteiger partial charge in [-0.15, -0.1) is 0 Å². The van der Waals surface area contributed by atoms with Crippen molar-refractivity contribution in [1.29, 1.82) is 0 Å². The normalized spacial score (nSPS) is 17.5. The molecule has 0 spiro atoms. The summed E-state index contributed by atoms with van der Waals surface area (Å²) in [5.74, 6) is -0.142. The lowest BCUT2D eigenvalue weighted by Crippen LogP contribution is -2.47. The second-order valence-corrected chi connectivity index (χ2v) is 5.49. The summed E-state index contributed by atoms with van der Waals surface area (Å²) in [6, 6.07) is 6.90. The summed E-state index contributed by atoms with van der Waals surface area (Å²) in [5.41, 5.74) is 1.08. The van der Waals surface area contributed by atoms with Crippen molar-refractivity contribution in [3.8, 4) is 0 Å². The molecular weight excluding hydrogens is 255 g/mol. The first-order chi connectivity index (χ1) is 9.78. The third-order valence-corrected chi connectivity index (χ3v) is 3.95. The highest BCUT2D eigenvalue weighted by Crippen LogP contribution is 2.08. The van der Waals surface area contributed by atoms with Crippen LogP contribution in [0.5, 0.6) is 0 Å². The Labute approximate surface area is 121 Å². The Morgan fingerprint density at radius 3 is 2.35 bits per heavy atom. The van der Waals surface area contributed by atoms with Crippen LogP contribution in [-0.4, -0.2) is 60.8 Å². The number of hydrogen-bond donors (Lipinski definition) is 1. The largest absolute Gasteiger partial charge is 0.396 e. The number of rotatable bonds is 7. The molecule has 1 aromatic rings. The van der Waals surface area contributed by atoms with Crippen LogP contribution < -0.4 is 0 Å². The van der Waals surface area contributed by atoms with Crippen molar-refractivity contribution in [2.45, 2.75) is 19.3 Å². The van der Waals surface area contributed by atoms with E-state index in [9.17, 15) is 4.39 Å².